The molecule has 0 spiro atoms. The molecule has 0 rings (SSSR count). The standard InChI is InChI=1S/C13H18/c1-5-9-11-13(8-4)12(7-3)10-6-2/h5-11H,1H2,2-4H3/b10-6-,11-9-,12-7-,13-8+. The van der Waals surface area contributed by atoms with Gasteiger partial charge in [0.15, 0.2) is 0 Å². The largest absolute Gasteiger partial charge is 0.0991 e. The van der Waals surface area contributed by atoms with Crippen molar-refractivity contribution in [1.82, 2.24) is 0 Å². The average molecular weight is 174 g/mol. The molecule has 0 saturated carbocycles. The van der Waals surface area contributed by atoms with Gasteiger partial charge in [-0.25, -0.2) is 0 Å². The molecule has 0 saturated heterocycles. The Balaban J connectivity index is 4.76. The third-order valence-corrected chi connectivity index (χ3v) is 1.71. The Morgan fingerprint density at radius 3 is 1.85 bits per heavy atom. The summed E-state index contributed by atoms with van der Waals surface area (Å²) in [5, 5.41) is 0. The summed E-state index contributed by atoms with van der Waals surface area (Å²) in [7, 11) is 0. The van der Waals surface area contributed by atoms with Gasteiger partial charge < -0.3 is 0 Å². The number of hydrogen-bond acceptors (Lipinski definition) is 0. The first kappa shape index (κ1) is 11.7. The Labute approximate surface area is 81.7 Å². The molecule has 0 aromatic carbocycles. The van der Waals surface area contributed by atoms with E-state index >= 15 is 0 Å². The van der Waals surface area contributed by atoms with Crippen LogP contribution in [0.2, 0.25) is 0 Å². The van der Waals surface area contributed by atoms with Gasteiger partial charge in [-0.15, -0.1) is 0 Å². The summed E-state index contributed by atoms with van der Waals surface area (Å²) in [6.07, 6.45) is 14.1. The molecule has 0 nitrogen and oxygen atoms in total. The zero-order chi connectivity index (χ0) is 10.1. The summed E-state index contributed by atoms with van der Waals surface area (Å²) in [4.78, 5) is 0. The van der Waals surface area contributed by atoms with E-state index < -0.39 is 0 Å². The zero-order valence-electron chi connectivity index (χ0n) is 8.75. The van der Waals surface area contributed by atoms with Crippen LogP contribution in [0, 0.1) is 0 Å². The maximum atomic E-state index is 3.65. The summed E-state index contributed by atoms with van der Waals surface area (Å²) in [6.45, 7) is 9.75. The monoisotopic (exact) mass is 174 g/mol. The molecule has 0 aromatic rings. The van der Waals surface area contributed by atoms with Gasteiger partial charge in [-0.1, -0.05) is 49.1 Å². The second kappa shape index (κ2) is 7.35. The fourth-order valence-electron chi connectivity index (χ4n) is 1.07. The smallest absolute Gasteiger partial charge is 0.0230 e. The first-order valence-electron chi connectivity index (χ1n) is 4.54. The second-order valence-corrected chi connectivity index (χ2v) is 2.58. The van der Waals surface area contributed by atoms with Crippen LogP contribution in [0.1, 0.15) is 20.8 Å². The lowest BCUT2D eigenvalue weighted by Crippen LogP contribution is -1.81. The number of rotatable bonds is 4. The molecule has 0 heterocycles. The van der Waals surface area contributed by atoms with Gasteiger partial charge in [0.2, 0.25) is 0 Å². The van der Waals surface area contributed by atoms with Crippen LogP contribution in [0.25, 0.3) is 0 Å². The molecule has 0 aliphatic carbocycles. The summed E-state index contributed by atoms with van der Waals surface area (Å²) < 4.78 is 0. The van der Waals surface area contributed by atoms with Crippen molar-refractivity contribution in [3.05, 3.63) is 60.3 Å². The molecule has 0 radical (unpaired) electrons. The van der Waals surface area contributed by atoms with E-state index in [1.165, 1.54) is 11.1 Å². The summed E-state index contributed by atoms with van der Waals surface area (Å²) in [6, 6.07) is 0. The SMILES string of the molecule is C=C\C=C/C(=C\C)C(/C=C\C)=C\C. The normalized spacial score (nSPS) is 14.4. The fraction of sp³-hybridized carbons (Fsp3) is 0.231. The Morgan fingerprint density at radius 1 is 0.923 bits per heavy atom. The molecule has 0 fully saturated rings. The Morgan fingerprint density at radius 2 is 1.46 bits per heavy atom. The summed E-state index contributed by atoms with van der Waals surface area (Å²) in [5.74, 6) is 0. The second-order valence-electron chi connectivity index (χ2n) is 2.58. The molecule has 0 aliphatic rings. The van der Waals surface area contributed by atoms with Gasteiger partial charge in [0.1, 0.15) is 0 Å². The molecule has 0 amide bonds. The van der Waals surface area contributed by atoms with E-state index in [9.17, 15) is 0 Å². The lowest BCUT2D eigenvalue weighted by molar-refractivity contribution is 1.46. The van der Waals surface area contributed by atoms with Crippen molar-refractivity contribution in [3.8, 4) is 0 Å². The van der Waals surface area contributed by atoms with Crippen molar-refractivity contribution in [2.24, 2.45) is 0 Å². The molecule has 0 aliphatic heterocycles. The average Bonchev–Trinajstić information content (AvgIpc) is 2.17. The highest BCUT2D eigenvalue weighted by molar-refractivity contribution is 5.46. The molecule has 0 aromatic heterocycles. The minimum Gasteiger partial charge on any atom is -0.0991 e. The maximum Gasteiger partial charge on any atom is -0.0230 e. The topological polar surface area (TPSA) is 0 Å². The Kier molecular flexibility index (Phi) is 6.62. The number of hydrogen-bond donors (Lipinski definition) is 0. The third kappa shape index (κ3) is 4.32. The highest BCUT2D eigenvalue weighted by Crippen LogP contribution is 2.12. The molecular weight excluding hydrogens is 156 g/mol. The Hall–Kier alpha value is -1.30. The van der Waals surface area contributed by atoms with Crippen molar-refractivity contribution < 1.29 is 0 Å². The molecule has 0 bridgehead atoms. The van der Waals surface area contributed by atoms with Crippen LogP contribution in [0.3, 0.4) is 0 Å². The van der Waals surface area contributed by atoms with E-state index in [1.807, 2.05) is 32.9 Å². The van der Waals surface area contributed by atoms with Crippen molar-refractivity contribution in [2.75, 3.05) is 0 Å². The van der Waals surface area contributed by atoms with Crippen LogP contribution in [0.15, 0.2) is 60.3 Å². The van der Waals surface area contributed by atoms with Crippen molar-refractivity contribution in [3.63, 3.8) is 0 Å². The minimum atomic E-state index is 1.22. The van der Waals surface area contributed by atoms with Crippen LogP contribution in [-0.4, -0.2) is 0 Å². The Bertz CT molecular complexity index is 260. The van der Waals surface area contributed by atoms with Crippen LogP contribution >= 0.6 is 0 Å². The van der Waals surface area contributed by atoms with Crippen LogP contribution in [-0.2, 0) is 0 Å². The lowest BCUT2D eigenvalue weighted by Gasteiger charge is -2.01. The number of allylic oxidation sites excluding steroid dienone is 9. The van der Waals surface area contributed by atoms with Gasteiger partial charge in [-0.05, 0) is 31.9 Å². The van der Waals surface area contributed by atoms with Gasteiger partial charge in [0, 0.05) is 0 Å². The predicted octanol–water partition coefficient (Wildman–Crippen LogP) is 4.20. The summed E-state index contributed by atoms with van der Waals surface area (Å²) >= 11 is 0. The van der Waals surface area contributed by atoms with E-state index in [0.29, 0.717) is 0 Å². The zero-order valence-corrected chi connectivity index (χ0v) is 8.75. The molecular formula is C13H18. The molecule has 0 heteroatoms. The molecule has 0 N–H and O–H groups in total. The van der Waals surface area contributed by atoms with Crippen LogP contribution in [0.5, 0.6) is 0 Å². The van der Waals surface area contributed by atoms with Gasteiger partial charge >= 0.3 is 0 Å². The highest BCUT2D eigenvalue weighted by Gasteiger charge is 1.93. The van der Waals surface area contributed by atoms with Crippen molar-refractivity contribution in [1.29, 1.82) is 0 Å². The maximum absolute atomic E-state index is 3.65. The predicted molar refractivity (Wildman–Crippen MR) is 61.7 cm³/mol. The highest BCUT2D eigenvalue weighted by atomic mass is 14.0. The van der Waals surface area contributed by atoms with Gasteiger partial charge in [0.05, 0.1) is 0 Å². The summed E-state index contributed by atoms with van der Waals surface area (Å²) in [5.41, 5.74) is 2.46. The first-order chi connectivity index (χ1) is 6.29. The minimum absolute atomic E-state index is 1.22. The quantitative estimate of drug-likeness (QED) is 0.560. The van der Waals surface area contributed by atoms with E-state index in [2.05, 4.69) is 30.9 Å². The molecule has 70 valence electrons. The fourth-order valence-corrected chi connectivity index (χ4v) is 1.07. The first-order valence-corrected chi connectivity index (χ1v) is 4.54. The molecule has 0 unspecified atom stereocenters. The van der Waals surface area contributed by atoms with Gasteiger partial charge in [-0.3, -0.25) is 0 Å². The van der Waals surface area contributed by atoms with Crippen LogP contribution < -0.4 is 0 Å². The van der Waals surface area contributed by atoms with Crippen molar-refractivity contribution >= 4 is 0 Å². The van der Waals surface area contributed by atoms with Crippen LogP contribution in [0.4, 0.5) is 0 Å². The molecule has 0 atom stereocenters. The van der Waals surface area contributed by atoms with E-state index in [0.717, 1.165) is 0 Å². The van der Waals surface area contributed by atoms with E-state index in [1.54, 1.807) is 6.08 Å². The lowest BCUT2D eigenvalue weighted by atomic mass is 10.0. The van der Waals surface area contributed by atoms with E-state index in [-0.39, 0.29) is 0 Å². The molecule has 13 heavy (non-hydrogen) atoms. The third-order valence-electron chi connectivity index (χ3n) is 1.71. The van der Waals surface area contributed by atoms with Gasteiger partial charge in [-0.2, -0.15) is 0 Å². The van der Waals surface area contributed by atoms with Gasteiger partial charge in [0.25, 0.3) is 0 Å². The van der Waals surface area contributed by atoms with Crippen molar-refractivity contribution in [2.45, 2.75) is 20.8 Å². The van der Waals surface area contributed by atoms with E-state index in [4.69, 9.17) is 0 Å².